The predicted molar refractivity (Wildman–Crippen MR) is 488 cm³/mol. The van der Waals surface area contributed by atoms with E-state index in [1.807, 2.05) is 78.9 Å². The summed E-state index contributed by atoms with van der Waals surface area (Å²) in [6.45, 7) is 13.6. The molecule has 120 heavy (non-hydrogen) atoms. The minimum Gasteiger partial charge on any atom is -0.456 e. The van der Waals surface area contributed by atoms with Gasteiger partial charge in [-0.2, -0.15) is 0 Å². The van der Waals surface area contributed by atoms with E-state index in [-0.39, 0.29) is 16.2 Å². The Morgan fingerprint density at radius 3 is 0.958 bits per heavy atom. The molecule has 9 heterocycles. The van der Waals surface area contributed by atoms with Crippen molar-refractivity contribution in [2.75, 3.05) is 0 Å². The Bertz CT molecular complexity index is 8230. The maximum absolute atomic E-state index is 6.75. The smallest absolute Gasteiger partial charge is 0.178 e. The van der Waals surface area contributed by atoms with Gasteiger partial charge in [0.05, 0.1) is 11.0 Å². The summed E-state index contributed by atoms with van der Waals surface area (Å²) in [5, 5.41) is 13.6. The van der Waals surface area contributed by atoms with Gasteiger partial charge in [0, 0.05) is 120 Å². The van der Waals surface area contributed by atoms with Crippen molar-refractivity contribution in [1.29, 1.82) is 0 Å². The highest BCUT2D eigenvalue weighted by molar-refractivity contribution is 6.13. The Morgan fingerprint density at radius 1 is 0.192 bits per heavy atom. The Balaban J connectivity index is 0.000000103. The van der Waals surface area contributed by atoms with Crippen LogP contribution in [-0.4, -0.2) is 4.57 Å². The zero-order valence-electron chi connectivity index (χ0n) is 66.6. The zero-order valence-corrected chi connectivity index (χ0v) is 66.6. The quantitative estimate of drug-likeness (QED) is 0.168. The van der Waals surface area contributed by atoms with Crippen molar-refractivity contribution < 1.29 is 36.3 Å². The summed E-state index contributed by atoms with van der Waals surface area (Å²) in [6, 6.07) is 121. The van der Waals surface area contributed by atoms with E-state index in [1.165, 1.54) is 44.1 Å². The van der Waals surface area contributed by atoms with Crippen LogP contribution < -0.4 is 14.2 Å². The first-order valence-electron chi connectivity index (χ1n) is 41.0. The number of benzene rings is 17. The predicted octanol–water partition coefficient (Wildman–Crippen LogP) is 31.6. The number of aromatic nitrogens is 1. The second-order valence-corrected chi connectivity index (χ2v) is 33.7. The van der Waals surface area contributed by atoms with Gasteiger partial charge in [-0.15, -0.1) is 0 Å². The molecule has 3 aliphatic rings. The van der Waals surface area contributed by atoms with Crippen molar-refractivity contribution in [3.63, 3.8) is 0 Å². The van der Waals surface area contributed by atoms with E-state index < -0.39 is 0 Å². The largest absolute Gasteiger partial charge is 0.456 e. The number of hydrogen-bond donors (Lipinski definition) is 0. The molecule has 9 nitrogen and oxygen atoms in total. The number of para-hydroxylation sites is 7. The van der Waals surface area contributed by atoms with Crippen LogP contribution in [0.2, 0.25) is 0 Å². The van der Waals surface area contributed by atoms with Crippen LogP contribution in [0, 0.1) is 0 Å². The molecule has 572 valence electrons. The molecule has 0 unspecified atom stereocenters. The summed E-state index contributed by atoms with van der Waals surface area (Å²) in [4.78, 5) is 0. The average Bonchev–Trinajstić information content (AvgIpc) is 1.44. The van der Waals surface area contributed by atoms with E-state index in [0.29, 0.717) is 0 Å². The molecule has 23 aromatic rings. The summed E-state index contributed by atoms with van der Waals surface area (Å²) in [7, 11) is 0. The third-order valence-electron chi connectivity index (χ3n) is 25.8. The van der Waals surface area contributed by atoms with Gasteiger partial charge < -0.3 is 40.9 Å². The average molecular weight is 1550 g/mol. The summed E-state index contributed by atoms with van der Waals surface area (Å²) >= 11 is 0. The second kappa shape index (κ2) is 26.0. The summed E-state index contributed by atoms with van der Waals surface area (Å²) in [6.07, 6.45) is 0. The van der Waals surface area contributed by atoms with Crippen molar-refractivity contribution in [1.82, 2.24) is 4.57 Å². The first kappa shape index (κ1) is 69.3. The highest BCUT2D eigenvalue weighted by atomic mass is 16.5. The van der Waals surface area contributed by atoms with E-state index in [0.717, 1.165) is 206 Å². The van der Waals surface area contributed by atoms with Gasteiger partial charge in [-0.25, -0.2) is 0 Å². The van der Waals surface area contributed by atoms with Crippen molar-refractivity contribution in [3.05, 3.63) is 379 Å². The summed E-state index contributed by atoms with van der Waals surface area (Å²) in [5.74, 6) is 5.06. The molecule has 0 aliphatic carbocycles. The molecule has 17 aromatic carbocycles. The molecule has 0 saturated carbocycles. The van der Waals surface area contributed by atoms with Crippen LogP contribution in [0.25, 0.3) is 182 Å². The SMILES string of the molecule is CC1(C)c2cc(-c3ccc(-c4ccc5c(c4)oc4ccccc45)cc3)ccc2Oc2c1ccc1c2oc2ccccc21.CC1(C)c2ccc(-c3ccc4c(c3)oc3ccccc34)cc2Oc2c1ccc1c2oc2ccccc21.CC1(C)c2ccc(-c3ccc4c5ccccc5n(-c5ccccc5)c4c3)cc2Oc2c1ccc1c2oc2ccccc21. The fourth-order valence-corrected chi connectivity index (χ4v) is 19.4. The van der Waals surface area contributed by atoms with Crippen LogP contribution in [0.15, 0.2) is 368 Å². The van der Waals surface area contributed by atoms with Gasteiger partial charge >= 0.3 is 0 Å². The van der Waals surface area contributed by atoms with Crippen molar-refractivity contribution in [2.45, 2.75) is 57.8 Å². The molecule has 0 amide bonds. The molecular weight excluding hydrogens is 1480 g/mol. The lowest BCUT2D eigenvalue weighted by atomic mass is 9.75. The third-order valence-corrected chi connectivity index (χ3v) is 25.8. The van der Waals surface area contributed by atoms with E-state index in [2.05, 4.69) is 313 Å². The van der Waals surface area contributed by atoms with Crippen LogP contribution in [0.4, 0.5) is 0 Å². The number of hydrogen-bond acceptors (Lipinski definition) is 8. The molecule has 6 aromatic heterocycles. The van der Waals surface area contributed by atoms with Gasteiger partial charge in [-0.3, -0.25) is 0 Å². The summed E-state index contributed by atoms with van der Waals surface area (Å²) in [5.41, 5.74) is 27.5. The van der Waals surface area contributed by atoms with Gasteiger partial charge in [-0.1, -0.05) is 266 Å². The maximum Gasteiger partial charge on any atom is 0.178 e. The highest BCUT2D eigenvalue weighted by Gasteiger charge is 2.40. The number of ether oxygens (including phenoxy) is 3. The lowest BCUT2D eigenvalue weighted by Crippen LogP contribution is -2.24. The van der Waals surface area contributed by atoms with Gasteiger partial charge in [-0.05, 0) is 166 Å². The standard InChI is InChI=1S/C39H27NO2.C39H26O3.C33H22O3/c1-39(2)31-20-17-25(23-36(31)42-38-32(39)21-19-30-29-13-7-9-15-35(29)41-37(30)38)24-16-18-28-27-12-6-8-14-33(27)40(34(28)22-24)26-10-4-3-5-11-26;1-39(2)31-19-18-30-28-8-4-6-10-34(28)41-37(30)38(31)42-35-20-16-25(21-32(35)39)23-11-13-24(14-12-23)26-15-17-29-27-7-3-5-9-33(27)40-36(29)22-26;1-33(2)25-15-12-20(19-11-13-23-21-7-3-5-9-27(21)34-29(23)17-19)18-30(25)36-32-26(33)16-14-24-22-8-4-6-10-28(22)35-31(24)32/h3-23H,1-2H3;3-22H,1-2H3;3-18H,1-2H3. The number of rotatable bonds is 5. The molecule has 0 bridgehead atoms. The molecular formula is C111H75NO8. The van der Waals surface area contributed by atoms with Crippen LogP contribution in [0.3, 0.4) is 0 Å². The van der Waals surface area contributed by atoms with Gasteiger partial charge in [0.25, 0.3) is 0 Å². The number of nitrogens with zero attached hydrogens (tertiary/aromatic N) is 1. The molecule has 0 saturated heterocycles. The Kier molecular flexibility index (Phi) is 15.0. The molecule has 0 fully saturated rings. The number of fused-ring (bicyclic) bond motifs is 27. The first-order chi connectivity index (χ1) is 58.7. The Labute approximate surface area is 689 Å². The van der Waals surface area contributed by atoms with Crippen LogP contribution in [0.1, 0.15) is 74.9 Å². The molecule has 3 aliphatic heterocycles. The number of furan rings is 5. The lowest BCUT2D eigenvalue weighted by Gasteiger charge is -2.34. The monoisotopic (exact) mass is 1550 g/mol. The zero-order chi connectivity index (χ0) is 80.0. The van der Waals surface area contributed by atoms with Crippen LogP contribution in [0.5, 0.6) is 34.5 Å². The van der Waals surface area contributed by atoms with Crippen molar-refractivity contribution in [2.24, 2.45) is 0 Å². The molecule has 26 rings (SSSR count). The van der Waals surface area contributed by atoms with Crippen LogP contribution in [-0.2, 0) is 16.2 Å². The maximum atomic E-state index is 6.75. The minimum atomic E-state index is -0.256. The fraction of sp³-hybridized carbons (Fsp3) is 0.0811. The lowest BCUT2D eigenvalue weighted by molar-refractivity contribution is 0.415. The Morgan fingerprint density at radius 2 is 0.492 bits per heavy atom. The topological polar surface area (TPSA) is 98.3 Å². The van der Waals surface area contributed by atoms with Gasteiger partial charge in [0.15, 0.2) is 34.0 Å². The van der Waals surface area contributed by atoms with Crippen LogP contribution >= 0.6 is 0 Å². The normalized spacial score (nSPS) is 14.0. The fourth-order valence-electron chi connectivity index (χ4n) is 19.4. The van der Waals surface area contributed by atoms with Crippen molar-refractivity contribution >= 4 is 131 Å². The molecule has 0 spiro atoms. The first-order valence-corrected chi connectivity index (χ1v) is 41.0. The molecule has 0 radical (unpaired) electrons. The second-order valence-electron chi connectivity index (χ2n) is 33.7. The van der Waals surface area contributed by atoms with Gasteiger partial charge in [0.2, 0.25) is 0 Å². The Hall–Kier alpha value is -15.1. The van der Waals surface area contributed by atoms with E-state index in [9.17, 15) is 0 Å². The third kappa shape index (κ3) is 10.6. The van der Waals surface area contributed by atoms with E-state index in [1.54, 1.807) is 0 Å². The molecule has 9 heteroatoms. The van der Waals surface area contributed by atoms with Crippen molar-refractivity contribution in [3.8, 4) is 84.7 Å². The highest BCUT2D eigenvalue weighted by Crippen LogP contribution is 2.57. The van der Waals surface area contributed by atoms with Gasteiger partial charge in [0.1, 0.15) is 56.3 Å². The minimum absolute atomic E-state index is 0.225. The molecule has 0 N–H and O–H groups in total. The van der Waals surface area contributed by atoms with E-state index in [4.69, 9.17) is 36.3 Å². The van der Waals surface area contributed by atoms with E-state index >= 15 is 0 Å². The summed E-state index contributed by atoms with van der Waals surface area (Å²) < 4.78 is 53.6. The molecule has 0 atom stereocenters.